The highest BCUT2D eigenvalue weighted by Gasteiger charge is 2.36. The number of amides is 1. The van der Waals surface area contributed by atoms with Crippen molar-refractivity contribution in [3.8, 4) is 0 Å². The van der Waals surface area contributed by atoms with Gasteiger partial charge in [-0.2, -0.15) is 0 Å². The monoisotopic (exact) mass is 278 g/mol. The van der Waals surface area contributed by atoms with Gasteiger partial charge in [-0.1, -0.05) is 41.6 Å². The molecule has 2 aliphatic rings. The van der Waals surface area contributed by atoms with Crippen molar-refractivity contribution in [3.05, 3.63) is 40.3 Å². The lowest BCUT2D eigenvalue weighted by atomic mass is 10.1. The Labute approximate surface area is 115 Å². The van der Waals surface area contributed by atoms with Crippen molar-refractivity contribution in [2.75, 3.05) is 0 Å². The molecule has 3 rings (SSSR count). The Hall–Kier alpha value is -1.26. The number of halogens is 1. The van der Waals surface area contributed by atoms with E-state index in [2.05, 4.69) is 4.99 Å². The van der Waals surface area contributed by atoms with Gasteiger partial charge >= 0.3 is 0 Å². The molecule has 1 amide bonds. The van der Waals surface area contributed by atoms with E-state index in [4.69, 9.17) is 11.6 Å². The summed E-state index contributed by atoms with van der Waals surface area (Å²) < 4.78 is 0. The number of carbonyl (C=O) groups excluding carboxylic acids is 1. The van der Waals surface area contributed by atoms with Gasteiger partial charge in [0.25, 0.3) is 0 Å². The standard InChI is InChI=1S/C13H11ClN2OS/c1-8-6-12(17)16-11(7-18-13(16)15-8)9-4-2-3-5-10(9)14/h2-5,7,13H,6H2,1H3/t13-/m1/s1. The molecule has 0 saturated carbocycles. The van der Waals surface area contributed by atoms with Gasteiger partial charge in [-0.25, -0.2) is 0 Å². The minimum atomic E-state index is -0.155. The number of thioether (sulfide) groups is 1. The molecule has 0 unspecified atom stereocenters. The highest BCUT2D eigenvalue weighted by molar-refractivity contribution is 8.03. The van der Waals surface area contributed by atoms with E-state index in [1.165, 1.54) is 0 Å². The number of aliphatic imine (C=N–C) groups is 1. The average molecular weight is 279 g/mol. The first-order chi connectivity index (χ1) is 8.66. The van der Waals surface area contributed by atoms with Gasteiger partial charge < -0.3 is 0 Å². The molecule has 1 atom stereocenters. The fourth-order valence-corrected chi connectivity index (χ4v) is 3.43. The molecule has 0 spiro atoms. The molecule has 0 aliphatic carbocycles. The van der Waals surface area contributed by atoms with Crippen LogP contribution in [0.15, 0.2) is 34.7 Å². The maximum Gasteiger partial charge on any atom is 0.235 e. The fourth-order valence-electron chi connectivity index (χ4n) is 2.11. The van der Waals surface area contributed by atoms with E-state index in [1.807, 2.05) is 36.6 Å². The maximum atomic E-state index is 12.1. The summed E-state index contributed by atoms with van der Waals surface area (Å²) >= 11 is 7.73. The van der Waals surface area contributed by atoms with Crippen LogP contribution in [-0.4, -0.2) is 22.0 Å². The van der Waals surface area contributed by atoms with E-state index in [-0.39, 0.29) is 11.4 Å². The Bertz CT molecular complexity index is 582. The summed E-state index contributed by atoms with van der Waals surface area (Å²) in [5.41, 5.74) is 2.48. The van der Waals surface area contributed by atoms with E-state index in [9.17, 15) is 4.79 Å². The maximum absolute atomic E-state index is 12.1. The molecule has 0 saturated heterocycles. The lowest BCUT2D eigenvalue weighted by molar-refractivity contribution is -0.127. The molecule has 0 bridgehead atoms. The minimum absolute atomic E-state index is 0.0867. The third kappa shape index (κ3) is 1.85. The Balaban J connectivity index is 2.02. The predicted octanol–water partition coefficient (Wildman–Crippen LogP) is 3.36. The highest BCUT2D eigenvalue weighted by Crippen LogP contribution is 2.41. The number of carbonyl (C=O) groups is 1. The Morgan fingerprint density at radius 3 is 3.00 bits per heavy atom. The molecule has 1 aromatic rings. The molecule has 92 valence electrons. The van der Waals surface area contributed by atoms with Crippen LogP contribution in [0.4, 0.5) is 0 Å². The van der Waals surface area contributed by atoms with Crippen LogP contribution < -0.4 is 0 Å². The molecular weight excluding hydrogens is 268 g/mol. The van der Waals surface area contributed by atoms with Crippen molar-refractivity contribution in [1.29, 1.82) is 0 Å². The second kappa shape index (κ2) is 4.44. The molecule has 18 heavy (non-hydrogen) atoms. The van der Waals surface area contributed by atoms with Gasteiger partial charge in [-0.15, -0.1) is 0 Å². The van der Waals surface area contributed by atoms with E-state index >= 15 is 0 Å². The molecule has 1 aromatic carbocycles. The van der Waals surface area contributed by atoms with Crippen LogP contribution >= 0.6 is 23.4 Å². The summed E-state index contributed by atoms with van der Waals surface area (Å²) in [5.74, 6) is 0.0867. The molecule has 2 aliphatic heterocycles. The summed E-state index contributed by atoms with van der Waals surface area (Å²) in [4.78, 5) is 18.4. The second-order valence-electron chi connectivity index (χ2n) is 4.25. The van der Waals surface area contributed by atoms with E-state index in [0.717, 1.165) is 17.0 Å². The molecule has 2 heterocycles. The Kier molecular flexibility index (Phi) is 2.92. The lowest BCUT2D eigenvalue weighted by Gasteiger charge is -2.29. The van der Waals surface area contributed by atoms with Gasteiger partial charge in [0, 0.05) is 16.3 Å². The average Bonchev–Trinajstić information content (AvgIpc) is 2.73. The van der Waals surface area contributed by atoms with E-state index in [1.54, 1.807) is 16.7 Å². The fraction of sp³-hybridized carbons (Fsp3) is 0.231. The quantitative estimate of drug-likeness (QED) is 0.789. The smallest absolute Gasteiger partial charge is 0.235 e. The van der Waals surface area contributed by atoms with Gasteiger partial charge in [0.1, 0.15) is 0 Å². The molecule has 5 heteroatoms. The first-order valence-corrected chi connectivity index (χ1v) is 6.95. The van der Waals surface area contributed by atoms with E-state index in [0.29, 0.717) is 11.4 Å². The van der Waals surface area contributed by atoms with Crippen molar-refractivity contribution in [3.63, 3.8) is 0 Å². The largest absolute Gasteiger partial charge is 0.279 e. The van der Waals surface area contributed by atoms with Gasteiger partial charge in [-0.3, -0.25) is 14.7 Å². The second-order valence-corrected chi connectivity index (χ2v) is 5.59. The number of nitrogens with zero attached hydrogens (tertiary/aromatic N) is 2. The van der Waals surface area contributed by atoms with Gasteiger partial charge in [0.05, 0.1) is 12.1 Å². The molecule has 0 radical (unpaired) electrons. The summed E-state index contributed by atoms with van der Waals surface area (Å²) in [6.07, 6.45) is 0.388. The lowest BCUT2D eigenvalue weighted by Crippen LogP contribution is -2.38. The normalized spacial score (nSPS) is 22.7. The number of fused-ring (bicyclic) bond motifs is 1. The molecule has 3 nitrogen and oxygen atoms in total. The van der Waals surface area contributed by atoms with Crippen LogP contribution in [0, 0.1) is 0 Å². The zero-order valence-corrected chi connectivity index (χ0v) is 11.3. The van der Waals surface area contributed by atoms with Gasteiger partial charge in [0.2, 0.25) is 5.91 Å². The number of hydrogen-bond acceptors (Lipinski definition) is 3. The van der Waals surface area contributed by atoms with Crippen molar-refractivity contribution in [2.24, 2.45) is 4.99 Å². The Morgan fingerprint density at radius 2 is 2.22 bits per heavy atom. The first kappa shape index (κ1) is 11.8. The zero-order chi connectivity index (χ0) is 12.7. The first-order valence-electron chi connectivity index (χ1n) is 5.62. The van der Waals surface area contributed by atoms with Crippen molar-refractivity contribution in [2.45, 2.75) is 18.8 Å². The number of benzene rings is 1. The summed E-state index contributed by atoms with van der Waals surface area (Å²) in [7, 11) is 0. The predicted molar refractivity (Wildman–Crippen MR) is 75.4 cm³/mol. The Morgan fingerprint density at radius 1 is 1.44 bits per heavy atom. The summed E-state index contributed by atoms with van der Waals surface area (Å²) in [6.45, 7) is 1.89. The van der Waals surface area contributed by atoms with Crippen molar-refractivity contribution < 1.29 is 4.79 Å². The summed E-state index contributed by atoms with van der Waals surface area (Å²) in [5, 5.41) is 2.62. The summed E-state index contributed by atoms with van der Waals surface area (Å²) in [6, 6.07) is 7.56. The molecule has 0 aromatic heterocycles. The molecular formula is C13H11ClN2OS. The zero-order valence-electron chi connectivity index (χ0n) is 9.76. The van der Waals surface area contributed by atoms with Gasteiger partial charge in [-0.05, 0) is 18.4 Å². The van der Waals surface area contributed by atoms with Crippen LogP contribution in [0.3, 0.4) is 0 Å². The van der Waals surface area contributed by atoms with Crippen LogP contribution in [0.2, 0.25) is 5.02 Å². The third-order valence-electron chi connectivity index (χ3n) is 2.94. The van der Waals surface area contributed by atoms with Gasteiger partial charge in [0.15, 0.2) is 5.50 Å². The van der Waals surface area contributed by atoms with Crippen molar-refractivity contribution in [1.82, 2.24) is 4.90 Å². The van der Waals surface area contributed by atoms with E-state index < -0.39 is 0 Å². The highest BCUT2D eigenvalue weighted by atomic mass is 35.5. The minimum Gasteiger partial charge on any atom is -0.279 e. The number of rotatable bonds is 1. The van der Waals surface area contributed by atoms with Crippen LogP contribution in [0.25, 0.3) is 5.70 Å². The third-order valence-corrected chi connectivity index (χ3v) is 4.19. The van der Waals surface area contributed by atoms with Crippen LogP contribution in [-0.2, 0) is 4.79 Å². The van der Waals surface area contributed by atoms with Crippen LogP contribution in [0.5, 0.6) is 0 Å². The topological polar surface area (TPSA) is 32.7 Å². The SMILES string of the molecule is CC1=N[C@H]2SC=C(c3ccccc3Cl)N2C(=O)C1. The molecule has 0 N–H and O–H groups in total. The van der Waals surface area contributed by atoms with Crippen molar-refractivity contribution >= 4 is 40.7 Å². The number of hydrogen-bond donors (Lipinski definition) is 0. The molecule has 0 fully saturated rings. The van der Waals surface area contributed by atoms with Crippen LogP contribution in [0.1, 0.15) is 18.9 Å².